The van der Waals surface area contributed by atoms with Gasteiger partial charge in [0, 0.05) is 24.0 Å². The van der Waals surface area contributed by atoms with Gasteiger partial charge in [-0.3, -0.25) is 4.68 Å². The summed E-state index contributed by atoms with van der Waals surface area (Å²) in [5.74, 6) is 0. The van der Waals surface area contributed by atoms with Crippen molar-refractivity contribution in [2.75, 3.05) is 5.32 Å². The second-order valence-corrected chi connectivity index (χ2v) is 5.06. The summed E-state index contributed by atoms with van der Waals surface area (Å²) in [6, 6.07) is 9.32. The molecular formula is C16H17N5. The average Bonchev–Trinajstić information content (AvgIpc) is 2.71. The Kier molecular flexibility index (Phi) is 3.95. The highest BCUT2D eigenvalue weighted by Gasteiger charge is 2.16. The van der Waals surface area contributed by atoms with Crippen LogP contribution < -0.4 is 5.32 Å². The van der Waals surface area contributed by atoms with Gasteiger partial charge in [-0.25, -0.2) is 0 Å². The van der Waals surface area contributed by atoms with Gasteiger partial charge in [0.2, 0.25) is 0 Å². The van der Waals surface area contributed by atoms with Gasteiger partial charge in [0.1, 0.15) is 12.1 Å². The molecule has 1 atom stereocenters. The summed E-state index contributed by atoms with van der Waals surface area (Å²) < 4.78 is 1.86. The summed E-state index contributed by atoms with van der Waals surface area (Å²) in [6.07, 6.45) is 0. The molecule has 106 valence electrons. The SMILES string of the molecule is Cc1nn(C)c(C)c1C(C)Nc1ccc(C#N)c(C#N)c1. The Morgan fingerprint density at radius 2 is 1.86 bits per heavy atom. The van der Waals surface area contributed by atoms with Gasteiger partial charge in [-0.05, 0) is 39.0 Å². The molecule has 5 nitrogen and oxygen atoms in total. The minimum atomic E-state index is 0.0678. The summed E-state index contributed by atoms with van der Waals surface area (Å²) in [5.41, 5.74) is 4.85. The Morgan fingerprint density at radius 1 is 1.19 bits per heavy atom. The van der Waals surface area contributed by atoms with E-state index in [1.165, 1.54) is 0 Å². The van der Waals surface area contributed by atoms with Crippen LogP contribution in [0.1, 0.15) is 41.0 Å². The highest BCUT2D eigenvalue weighted by molar-refractivity contribution is 5.57. The Balaban J connectivity index is 2.30. The van der Waals surface area contributed by atoms with Gasteiger partial charge in [0.05, 0.1) is 22.9 Å². The van der Waals surface area contributed by atoms with Crippen LogP contribution in [0.3, 0.4) is 0 Å². The highest BCUT2D eigenvalue weighted by atomic mass is 15.3. The third-order valence-electron chi connectivity index (χ3n) is 3.64. The zero-order chi connectivity index (χ0) is 15.6. The topological polar surface area (TPSA) is 77.4 Å². The Labute approximate surface area is 124 Å². The molecule has 1 unspecified atom stereocenters. The van der Waals surface area contributed by atoms with Crippen LogP contribution in [0.15, 0.2) is 18.2 Å². The van der Waals surface area contributed by atoms with E-state index in [0.29, 0.717) is 11.1 Å². The van der Waals surface area contributed by atoms with E-state index in [1.54, 1.807) is 12.1 Å². The fourth-order valence-corrected chi connectivity index (χ4v) is 2.56. The van der Waals surface area contributed by atoms with E-state index in [1.807, 2.05) is 43.8 Å². The second-order valence-electron chi connectivity index (χ2n) is 5.06. The first-order valence-electron chi connectivity index (χ1n) is 6.68. The molecule has 0 aliphatic carbocycles. The van der Waals surface area contributed by atoms with E-state index in [-0.39, 0.29) is 6.04 Å². The zero-order valence-corrected chi connectivity index (χ0v) is 12.6. The monoisotopic (exact) mass is 279 g/mol. The predicted octanol–water partition coefficient (Wildman–Crippen LogP) is 2.95. The molecule has 0 bridgehead atoms. The van der Waals surface area contributed by atoms with Gasteiger partial charge >= 0.3 is 0 Å². The van der Waals surface area contributed by atoms with Crippen molar-refractivity contribution in [3.8, 4) is 12.1 Å². The van der Waals surface area contributed by atoms with Crippen LogP contribution in [-0.2, 0) is 7.05 Å². The number of nitriles is 2. The van der Waals surface area contributed by atoms with Crippen molar-refractivity contribution in [2.24, 2.45) is 7.05 Å². The number of anilines is 1. The minimum Gasteiger partial charge on any atom is -0.378 e. The molecule has 1 heterocycles. The van der Waals surface area contributed by atoms with Crippen LogP contribution in [0.2, 0.25) is 0 Å². The maximum Gasteiger partial charge on any atom is 0.101 e. The first kappa shape index (κ1) is 14.6. The molecule has 1 N–H and O–H groups in total. The van der Waals surface area contributed by atoms with E-state index in [4.69, 9.17) is 10.5 Å². The van der Waals surface area contributed by atoms with Crippen LogP contribution in [0.4, 0.5) is 5.69 Å². The molecule has 0 aliphatic heterocycles. The van der Waals surface area contributed by atoms with Crippen LogP contribution in [0.25, 0.3) is 0 Å². The van der Waals surface area contributed by atoms with Gasteiger partial charge in [-0.2, -0.15) is 15.6 Å². The molecule has 0 fully saturated rings. The molecule has 0 amide bonds. The van der Waals surface area contributed by atoms with Gasteiger partial charge in [-0.1, -0.05) is 0 Å². The van der Waals surface area contributed by atoms with E-state index < -0.39 is 0 Å². The van der Waals surface area contributed by atoms with Crippen molar-refractivity contribution < 1.29 is 0 Å². The van der Waals surface area contributed by atoms with Gasteiger partial charge in [0.15, 0.2) is 0 Å². The number of benzene rings is 1. The van der Waals surface area contributed by atoms with E-state index in [2.05, 4.69) is 17.3 Å². The van der Waals surface area contributed by atoms with Crippen molar-refractivity contribution in [3.05, 3.63) is 46.3 Å². The molecule has 0 radical (unpaired) electrons. The summed E-state index contributed by atoms with van der Waals surface area (Å²) in [5, 5.41) is 25.8. The smallest absolute Gasteiger partial charge is 0.101 e. The van der Waals surface area contributed by atoms with Crippen molar-refractivity contribution >= 4 is 5.69 Å². The largest absolute Gasteiger partial charge is 0.378 e. The third kappa shape index (κ3) is 2.73. The third-order valence-corrected chi connectivity index (χ3v) is 3.64. The molecule has 0 aliphatic rings. The number of nitrogens with zero attached hydrogens (tertiary/aromatic N) is 4. The van der Waals surface area contributed by atoms with Crippen molar-refractivity contribution in [3.63, 3.8) is 0 Å². The molecule has 5 heteroatoms. The lowest BCUT2D eigenvalue weighted by Gasteiger charge is -2.16. The van der Waals surface area contributed by atoms with Gasteiger partial charge in [-0.15, -0.1) is 0 Å². The maximum atomic E-state index is 9.07. The molecule has 0 spiro atoms. The number of rotatable bonds is 3. The summed E-state index contributed by atoms with van der Waals surface area (Å²) >= 11 is 0. The summed E-state index contributed by atoms with van der Waals surface area (Å²) in [4.78, 5) is 0. The van der Waals surface area contributed by atoms with Crippen molar-refractivity contribution in [1.29, 1.82) is 10.5 Å². The molecular weight excluding hydrogens is 262 g/mol. The lowest BCUT2D eigenvalue weighted by molar-refractivity contribution is 0.728. The number of aryl methyl sites for hydroxylation is 2. The van der Waals surface area contributed by atoms with Crippen LogP contribution in [0.5, 0.6) is 0 Å². The van der Waals surface area contributed by atoms with Gasteiger partial charge in [0.25, 0.3) is 0 Å². The van der Waals surface area contributed by atoms with E-state index >= 15 is 0 Å². The summed E-state index contributed by atoms with van der Waals surface area (Å²) in [7, 11) is 1.92. The Morgan fingerprint density at radius 3 is 2.38 bits per heavy atom. The first-order chi connectivity index (χ1) is 9.97. The molecule has 0 saturated heterocycles. The van der Waals surface area contributed by atoms with Crippen molar-refractivity contribution in [1.82, 2.24) is 9.78 Å². The number of hydrogen-bond acceptors (Lipinski definition) is 4. The summed E-state index contributed by atoms with van der Waals surface area (Å²) in [6.45, 7) is 6.08. The Hall–Kier alpha value is -2.79. The normalized spacial score (nSPS) is 11.5. The van der Waals surface area contributed by atoms with E-state index in [0.717, 1.165) is 22.6 Å². The molecule has 1 aromatic heterocycles. The number of hydrogen-bond donors (Lipinski definition) is 1. The fraction of sp³-hybridized carbons (Fsp3) is 0.312. The van der Waals surface area contributed by atoms with E-state index in [9.17, 15) is 0 Å². The van der Waals surface area contributed by atoms with Crippen LogP contribution >= 0.6 is 0 Å². The zero-order valence-electron chi connectivity index (χ0n) is 12.6. The molecule has 1 aromatic carbocycles. The number of nitrogens with one attached hydrogen (secondary N) is 1. The maximum absolute atomic E-state index is 9.07. The standard InChI is InChI=1S/C16H17N5/c1-10(16-11(2)20-21(4)12(16)3)19-15-6-5-13(8-17)14(7-15)9-18/h5-7,10,19H,1-4H3. The molecule has 2 rings (SSSR count). The Bertz CT molecular complexity index is 758. The minimum absolute atomic E-state index is 0.0678. The predicted molar refractivity (Wildman–Crippen MR) is 80.6 cm³/mol. The first-order valence-corrected chi connectivity index (χ1v) is 6.68. The quantitative estimate of drug-likeness (QED) is 0.937. The lowest BCUT2D eigenvalue weighted by atomic mass is 10.0. The second kappa shape index (κ2) is 5.68. The van der Waals surface area contributed by atoms with Gasteiger partial charge < -0.3 is 5.32 Å². The lowest BCUT2D eigenvalue weighted by Crippen LogP contribution is -2.09. The molecule has 21 heavy (non-hydrogen) atoms. The molecule has 2 aromatic rings. The average molecular weight is 279 g/mol. The van der Waals surface area contributed by atoms with Crippen LogP contribution in [0, 0.1) is 36.5 Å². The van der Waals surface area contributed by atoms with Crippen LogP contribution in [-0.4, -0.2) is 9.78 Å². The number of aromatic nitrogens is 2. The fourth-order valence-electron chi connectivity index (χ4n) is 2.56. The molecule has 0 saturated carbocycles. The van der Waals surface area contributed by atoms with Crippen molar-refractivity contribution in [2.45, 2.75) is 26.8 Å². The highest BCUT2D eigenvalue weighted by Crippen LogP contribution is 2.25.